The van der Waals surface area contributed by atoms with Crippen molar-refractivity contribution in [3.63, 3.8) is 0 Å². The van der Waals surface area contributed by atoms with Gasteiger partial charge in [0.2, 0.25) is 0 Å². The molecule has 1 aromatic rings. The summed E-state index contributed by atoms with van der Waals surface area (Å²) >= 11 is 0.940. The molecule has 1 rings (SSSR count). The molecule has 0 spiro atoms. The SMILES string of the molecule is CCc1nnsc1C(=O)NC[C@H](O)C(=O)O. The van der Waals surface area contributed by atoms with E-state index in [1.54, 1.807) is 0 Å². The molecule has 1 amide bonds. The maximum Gasteiger partial charge on any atom is 0.334 e. The summed E-state index contributed by atoms with van der Waals surface area (Å²) in [4.78, 5) is 22.2. The van der Waals surface area contributed by atoms with Gasteiger partial charge in [-0.25, -0.2) is 4.79 Å². The molecule has 3 N–H and O–H groups in total. The summed E-state index contributed by atoms with van der Waals surface area (Å²) in [6.45, 7) is 1.49. The van der Waals surface area contributed by atoms with E-state index in [9.17, 15) is 9.59 Å². The number of nitrogens with zero attached hydrogens (tertiary/aromatic N) is 2. The molecule has 1 atom stereocenters. The van der Waals surface area contributed by atoms with Crippen LogP contribution in [0.1, 0.15) is 22.3 Å². The molecule has 0 aliphatic heterocycles. The van der Waals surface area contributed by atoms with Crippen molar-refractivity contribution >= 4 is 23.4 Å². The molecule has 0 fully saturated rings. The summed E-state index contributed by atoms with van der Waals surface area (Å²) in [6, 6.07) is 0. The van der Waals surface area contributed by atoms with E-state index in [0.29, 0.717) is 17.0 Å². The fourth-order valence-corrected chi connectivity index (χ4v) is 1.64. The van der Waals surface area contributed by atoms with Crippen LogP contribution in [0.5, 0.6) is 0 Å². The van der Waals surface area contributed by atoms with E-state index in [2.05, 4.69) is 14.9 Å². The predicted molar refractivity (Wildman–Crippen MR) is 55.3 cm³/mol. The fraction of sp³-hybridized carbons (Fsp3) is 0.500. The summed E-state index contributed by atoms with van der Waals surface area (Å²) in [6.07, 6.45) is -1.03. The molecule has 0 unspecified atom stereocenters. The number of aliphatic carboxylic acids is 1. The summed E-state index contributed by atoms with van der Waals surface area (Å²) < 4.78 is 3.63. The number of aryl methyl sites for hydroxylation is 1. The smallest absolute Gasteiger partial charge is 0.334 e. The molecule has 0 bridgehead atoms. The monoisotopic (exact) mass is 245 g/mol. The van der Waals surface area contributed by atoms with Gasteiger partial charge in [0, 0.05) is 0 Å². The van der Waals surface area contributed by atoms with Crippen molar-refractivity contribution in [3.8, 4) is 0 Å². The van der Waals surface area contributed by atoms with Crippen molar-refractivity contribution in [2.45, 2.75) is 19.4 Å². The highest BCUT2D eigenvalue weighted by Crippen LogP contribution is 2.10. The van der Waals surface area contributed by atoms with Crippen molar-refractivity contribution in [2.24, 2.45) is 0 Å². The highest BCUT2D eigenvalue weighted by Gasteiger charge is 2.18. The van der Waals surface area contributed by atoms with E-state index in [-0.39, 0.29) is 6.54 Å². The Bertz CT molecular complexity index is 392. The first-order chi connectivity index (χ1) is 7.56. The van der Waals surface area contributed by atoms with Crippen LogP contribution >= 0.6 is 11.5 Å². The molecule has 0 saturated heterocycles. The van der Waals surface area contributed by atoms with Crippen molar-refractivity contribution < 1.29 is 19.8 Å². The first kappa shape index (κ1) is 12.5. The van der Waals surface area contributed by atoms with E-state index < -0.39 is 18.0 Å². The first-order valence-electron chi connectivity index (χ1n) is 4.56. The third kappa shape index (κ3) is 2.97. The number of hydrogen-bond donors (Lipinski definition) is 3. The summed E-state index contributed by atoms with van der Waals surface area (Å²) in [7, 11) is 0. The summed E-state index contributed by atoms with van der Waals surface area (Å²) in [5, 5.41) is 23.4. The molecule has 1 aromatic heterocycles. The largest absolute Gasteiger partial charge is 0.479 e. The van der Waals surface area contributed by atoms with Crippen LogP contribution in [-0.2, 0) is 11.2 Å². The molecule has 0 radical (unpaired) electrons. The van der Waals surface area contributed by atoms with Gasteiger partial charge in [0.1, 0.15) is 4.88 Å². The van der Waals surface area contributed by atoms with Gasteiger partial charge in [0.05, 0.1) is 12.2 Å². The second-order valence-electron chi connectivity index (χ2n) is 2.97. The molecule has 16 heavy (non-hydrogen) atoms. The van der Waals surface area contributed by atoms with Crippen molar-refractivity contribution in [1.82, 2.24) is 14.9 Å². The standard InChI is InChI=1S/C8H11N3O4S/c1-2-4-6(16-11-10-4)7(13)9-3-5(12)8(14)15/h5,12H,2-3H2,1H3,(H,9,13)(H,14,15)/t5-/m0/s1. The van der Waals surface area contributed by atoms with E-state index in [4.69, 9.17) is 10.2 Å². The lowest BCUT2D eigenvalue weighted by Crippen LogP contribution is -2.36. The minimum absolute atomic E-state index is 0.338. The third-order valence-electron chi connectivity index (χ3n) is 1.84. The average Bonchev–Trinajstić information content (AvgIpc) is 2.73. The molecule has 1 heterocycles. The highest BCUT2D eigenvalue weighted by atomic mass is 32.1. The quantitative estimate of drug-likeness (QED) is 0.630. The van der Waals surface area contributed by atoms with Crippen LogP contribution in [0.15, 0.2) is 0 Å². The summed E-state index contributed by atoms with van der Waals surface area (Å²) in [5.41, 5.74) is 0.562. The van der Waals surface area contributed by atoms with Crippen LogP contribution in [0.4, 0.5) is 0 Å². The van der Waals surface area contributed by atoms with Gasteiger partial charge in [0.25, 0.3) is 5.91 Å². The summed E-state index contributed by atoms with van der Waals surface area (Å²) in [5.74, 6) is -1.84. The van der Waals surface area contributed by atoms with Crippen LogP contribution in [-0.4, -0.2) is 44.3 Å². The maximum absolute atomic E-state index is 11.5. The van der Waals surface area contributed by atoms with Gasteiger partial charge in [0.15, 0.2) is 6.10 Å². The highest BCUT2D eigenvalue weighted by molar-refractivity contribution is 7.08. The Morgan fingerprint density at radius 1 is 1.56 bits per heavy atom. The van der Waals surface area contributed by atoms with Crippen LogP contribution in [0.2, 0.25) is 0 Å². The number of nitrogens with one attached hydrogen (secondary N) is 1. The van der Waals surface area contributed by atoms with Gasteiger partial charge in [-0.15, -0.1) is 5.10 Å². The molecule has 0 saturated carbocycles. The molecule has 8 heteroatoms. The fourth-order valence-electron chi connectivity index (χ4n) is 0.969. The number of carbonyl (C=O) groups excluding carboxylic acids is 1. The Hall–Kier alpha value is -1.54. The van der Waals surface area contributed by atoms with Crippen molar-refractivity contribution in [3.05, 3.63) is 10.6 Å². The zero-order chi connectivity index (χ0) is 12.1. The Morgan fingerprint density at radius 2 is 2.25 bits per heavy atom. The van der Waals surface area contributed by atoms with Gasteiger partial charge < -0.3 is 15.5 Å². The van der Waals surface area contributed by atoms with Crippen LogP contribution in [0.25, 0.3) is 0 Å². The number of amides is 1. The minimum atomic E-state index is -1.60. The number of aliphatic hydroxyl groups is 1. The lowest BCUT2D eigenvalue weighted by molar-refractivity contribution is -0.146. The molecular formula is C8H11N3O4S. The topological polar surface area (TPSA) is 112 Å². The molecule has 88 valence electrons. The molecule has 0 aliphatic carbocycles. The number of carboxylic acid groups (broad SMARTS) is 1. The van der Waals surface area contributed by atoms with E-state index in [0.717, 1.165) is 11.5 Å². The second-order valence-corrected chi connectivity index (χ2v) is 3.72. The van der Waals surface area contributed by atoms with Crippen LogP contribution in [0, 0.1) is 0 Å². The molecule has 0 aromatic carbocycles. The molecule has 0 aliphatic rings. The zero-order valence-electron chi connectivity index (χ0n) is 8.51. The van der Waals surface area contributed by atoms with Gasteiger partial charge in [-0.3, -0.25) is 4.79 Å². The van der Waals surface area contributed by atoms with Gasteiger partial charge >= 0.3 is 5.97 Å². The Kier molecular flexibility index (Phi) is 4.32. The number of carboxylic acids is 1. The number of aliphatic hydroxyl groups excluding tert-OH is 1. The number of aromatic nitrogens is 2. The molecular weight excluding hydrogens is 234 g/mol. The lowest BCUT2D eigenvalue weighted by atomic mass is 10.3. The number of hydrogen-bond acceptors (Lipinski definition) is 6. The van der Waals surface area contributed by atoms with E-state index in [1.165, 1.54) is 0 Å². The van der Waals surface area contributed by atoms with Crippen molar-refractivity contribution in [2.75, 3.05) is 6.54 Å². The molecule has 7 nitrogen and oxygen atoms in total. The third-order valence-corrected chi connectivity index (χ3v) is 2.60. The average molecular weight is 245 g/mol. The van der Waals surface area contributed by atoms with E-state index >= 15 is 0 Å². The van der Waals surface area contributed by atoms with Gasteiger partial charge in [-0.05, 0) is 18.0 Å². The Morgan fingerprint density at radius 3 is 2.81 bits per heavy atom. The zero-order valence-corrected chi connectivity index (χ0v) is 9.32. The lowest BCUT2D eigenvalue weighted by Gasteiger charge is -2.06. The van der Waals surface area contributed by atoms with Crippen LogP contribution in [0.3, 0.4) is 0 Å². The van der Waals surface area contributed by atoms with Crippen molar-refractivity contribution in [1.29, 1.82) is 0 Å². The second kappa shape index (κ2) is 5.52. The number of rotatable bonds is 5. The predicted octanol–water partition coefficient (Wildman–Crippen LogP) is -0.724. The van der Waals surface area contributed by atoms with E-state index in [1.807, 2.05) is 6.92 Å². The maximum atomic E-state index is 11.5. The van der Waals surface area contributed by atoms with Gasteiger partial charge in [-0.1, -0.05) is 11.4 Å². The van der Waals surface area contributed by atoms with Crippen LogP contribution < -0.4 is 5.32 Å². The van der Waals surface area contributed by atoms with Gasteiger partial charge in [-0.2, -0.15) is 0 Å². The Labute approximate surface area is 95.3 Å². The number of carbonyl (C=O) groups is 2. The Balaban J connectivity index is 2.56. The first-order valence-corrected chi connectivity index (χ1v) is 5.33. The minimum Gasteiger partial charge on any atom is -0.479 e. The normalized spacial score (nSPS) is 12.1.